The van der Waals surface area contributed by atoms with E-state index in [1.165, 1.54) is 37.2 Å². The number of fused-ring (bicyclic) bond motifs is 3. The van der Waals surface area contributed by atoms with E-state index >= 15 is 0 Å². The fraction of sp³-hybridized carbons (Fsp3) is 0.345. The van der Waals surface area contributed by atoms with Gasteiger partial charge in [0.25, 0.3) is 5.91 Å². The molecule has 0 spiro atoms. The van der Waals surface area contributed by atoms with Gasteiger partial charge in [-0.1, -0.05) is 6.07 Å². The summed E-state index contributed by atoms with van der Waals surface area (Å²) in [5, 5.41) is 65.6. The average Bonchev–Trinajstić information content (AvgIpc) is 2.87. The number of hydrogen-bond acceptors (Lipinski definition) is 11. The Balaban J connectivity index is 1.78. The zero-order valence-corrected chi connectivity index (χ0v) is 22.8. The van der Waals surface area contributed by atoms with Gasteiger partial charge in [-0.15, -0.1) is 0 Å². The molecule has 4 unspecified atom stereocenters. The summed E-state index contributed by atoms with van der Waals surface area (Å²) in [5.41, 5.74) is 3.00. The van der Waals surface area contributed by atoms with Gasteiger partial charge in [-0.25, -0.2) is 0 Å². The van der Waals surface area contributed by atoms with Crippen LogP contribution >= 0.6 is 0 Å². The molecule has 1 fully saturated rings. The molecule has 0 aliphatic heterocycles. The number of benzene rings is 2. The van der Waals surface area contributed by atoms with Crippen LogP contribution in [0.25, 0.3) is 16.9 Å². The van der Waals surface area contributed by atoms with Crippen molar-refractivity contribution in [3.63, 3.8) is 0 Å². The van der Waals surface area contributed by atoms with Crippen molar-refractivity contribution in [2.45, 2.75) is 24.5 Å². The number of carbonyl (C=O) groups is 3. The van der Waals surface area contributed by atoms with E-state index in [2.05, 4.69) is 0 Å². The third kappa shape index (κ3) is 3.78. The van der Waals surface area contributed by atoms with Crippen molar-refractivity contribution in [2.24, 2.45) is 17.6 Å². The minimum Gasteiger partial charge on any atom is -0.508 e. The zero-order valence-electron chi connectivity index (χ0n) is 22.8. The Kier molecular flexibility index (Phi) is 6.31. The number of Topliss-reactive ketones (excluding diaryl/α,β-unsaturated/α-hetero) is 2. The summed E-state index contributed by atoms with van der Waals surface area (Å²) in [6.07, 6.45) is 0.115. The summed E-state index contributed by atoms with van der Waals surface area (Å²) in [7, 11) is 6.58. The number of phenolic OH excluding ortho intramolecular Hbond substituents is 3. The van der Waals surface area contributed by atoms with E-state index in [1.807, 2.05) is 0 Å². The second-order valence-electron chi connectivity index (χ2n) is 11.2. The number of nitrogens with two attached hydrogens (primary N) is 1. The first kappa shape index (κ1) is 28.0. The molecule has 12 nitrogen and oxygen atoms in total. The van der Waals surface area contributed by atoms with Gasteiger partial charge in [-0.3, -0.25) is 19.3 Å². The molecular weight excluding hydrogens is 534 g/mol. The predicted octanol–water partition coefficient (Wildman–Crippen LogP) is 1.11. The van der Waals surface area contributed by atoms with Crippen molar-refractivity contribution in [1.29, 1.82) is 0 Å². The summed E-state index contributed by atoms with van der Waals surface area (Å²) in [4.78, 5) is 42.6. The van der Waals surface area contributed by atoms with Gasteiger partial charge in [0.05, 0.1) is 11.6 Å². The molecule has 2 aromatic rings. The van der Waals surface area contributed by atoms with Gasteiger partial charge in [0.1, 0.15) is 22.8 Å². The van der Waals surface area contributed by atoms with Crippen molar-refractivity contribution in [3.05, 3.63) is 52.3 Å². The minimum absolute atomic E-state index is 0.0209. The number of phenols is 3. The van der Waals surface area contributed by atoms with E-state index in [9.17, 15) is 45.0 Å². The number of aliphatic hydroxyl groups excluding tert-OH is 2. The Hall–Kier alpha value is -4.55. The van der Waals surface area contributed by atoms with Gasteiger partial charge in [0, 0.05) is 36.8 Å². The summed E-state index contributed by atoms with van der Waals surface area (Å²) in [5.74, 6) is -8.08. The molecule has 2 aromatic carbocycles. The lowest BCUT2D eigenvalue weighted by Crippen LogP contribution is -2.65. The smallest absolute Gasteiger partial charge is 0.255 e. The molecule has 0 aromatic heterocycles. The standard InChI is InChI=1S/C29H31N3O9/c1-31(2)16-10-13(11-5-6-17(33)18(34)9-11)23(35)20-14(16)7-12-8-15-22(32(3)4)25(37)21(28(30)40)27(39)29(15,41)26(38)19(12)24(20)36/h5-6,9-10,12,15,22,33-36,39,41H,7-8H2,1-4H3,(H2,30,40). The molecule has 12 heteroatoms. The van der Waals surface area contributed by atoms with Crippen LogP contribution in [-0.2, 0) is 20.8 Å². The highest BCUT2D eigenvalue weighted by Crippen LogP contribution is 2.55. The molecule has 1 saturated carbocycles. The number of nitrogens with zero attached hydrogens (tertiary/aromatic N) is 2. The first-order valence-electron chi connectivity index (χ1n) is 12.9. The van der Waals surface area contributed by atoms with Crippen molar-refractivity contribution >= 4 is 28.9 Å². The third-order valence-corrected chi connectivity index (χ3v) is 8.47. The third-order valence-electron chi connectivity index (χ3n) is 8.47. The van der Waals surface area contributed by atoms with Crippen LogP contribution in [0.1, 0.15) is 17.5 Å². The van der Waals surface area contributed by atoms with Crippen molar-refractivity contribution in [3.8, 4) is 28.4 Å². The SMILES string of the molecule is CN(C)c1cc(-c2ccc(O)c(O)c2)c(O)c2c1CC1CC3C(N(C)C)C(=O)C(C(N)=O)=C(O)C3(O)C(=O)C1=C2O. The largest absolute Gasteiger partial charge is 0.508 e. The number of anilines is 1. The van der Waals surface area contributed by atoms with E-state index in [1.54, 1.807) is 25.1 Å². The molecule has 8 N–H and O–H groups in total. The average molecular weight is 566 g/mol. The fourth-order valence-electron chi connectivity index (χ4n) is 6.60. The molecule has 0 saturated heterocycles. The molecule has 216 valence electrons. The van der Waals surface area contributed by atoms with Gasteiger partial charge >= 0.3 is 0 Å². The van der Waals surface area contributed by atoms with Crippen LogP contribution in [0.15, 0.2) is 41.2 Å². The molecule has 0 heterocycles. The minimum atomic E-state index is -2.73. The van der Waals surface area contributed by atoms with Crippen LogP contribution < -0.4 is 10.6 Å². The van der Waals surface area contributed by atoms with Crippen molar-refractivity contribution in [2.75, 3.05) is 33.1 Å². The molecular formula is C29H31N3O9. The molecule has 0 bridgehead atoms. The maximum Gasteiger partial charge on any atom is 0.255 e. The number of likely N-dealkylation sites (N-methyl/N-ethyl adjacent to an activating group) is 1. The van der Waals surface area contributed by atoms with Crippen LogP contribution in [0.4, 0.5) is 5.69 Å². The van der Waals surface area contributed by atoms with Crippen molar-refractivity contribution < 1.29 is 45.0 Å². The highest BCUT2D eigenvalue weighted by Gasteiger charge is 2.64. The maximum atomic E-state index is 14.1. The van der Waals surface area contributed by atoms with Crippen LogP contribution in [-0.4, -0.2) is 92.8 Å². The number of ketones is 2. The molecule has 5 rings (SSSR count). The lowest BCUT2D eigenvalue weighted by atomic mass is 9.57. The van der Waals surface area contributed by atoms with Gasteiger partial charge < -0.3 is 41.3 Å². The summed E-state index contributed by atoms with van der Waals surface area (Å²) < 4.78 is 0. The van der Waals surface area contributed by atoms with Crippen LogP contribution in [0, 0.1) is 11.8 Å². The molecule has 3 aliphatic carbocycles. The summed E-state index contributed by atoms with van der Waals surface area (Å²) in [6, 6.07) is 4.42. The molecule has 1 amide bonds. The Labute approximate surface area is 234 Å². The number of aliphatic hydroxyl groups is 3. The van der Waals surface area contributed by atoms with E-state index in [0.717, 1.165) is 0 Å². The first-order valence-corrected chi connectivity index (χ1v) is 12.9. The van der Waals surface area contributed by atoms with Crippen molar-refractivity contribution in [1.82, 2.24) is 4.90 Å². The Morgan fingerprint density at radius 1 is 1.00 bits per heavy atom. The first-order chi connectivity index (χ1) is 19.1. The lowest BCUT2D eigenvalue weighted by molar-refractivity contribution is -0.153. The normalized spacial score (nSPS) is 25.7. The quantitative estimate of drug-likeness (QED) is 0.206. The Morgan fingerprint density at radius 3 is 2.22 bits per heavy atom. The summed E-state index contributed by atoms with van der Waals surface area (Å²) in [6.45, 7) is 0. The maximum absolute atomic E-state index is 14.1. The van der Waals surface area contributed by atoms with Gasteiger partial charge in [0.2, 0.25) is 5.78 Å². The van der Waals surface area contributed by atoms with E-state index < -0.39 is 69.5 Å². The predicted molar refractivity (Wildman–Crippen MR) is 147 cm³/mol. The summed E-state index contributed by atoms with van der Waals surface area (Å²) >= 11 is 0. The number of primary amides is 1. The molecule has 4 atom stereocenters. The lowest BCUT2D eigenvalue weighted by Gasteiger charge is -2.50. The van der Waals surface area contributed by atoms with E-state index in [0.29, 0.717) is 16.8 Å². The number of aromatic hydroxyl groups is 3. The second-order valence-corrected chi connectivity index (χ2v) is 11.2. The van der Waals surface area contributed by atoms with E-state index in [4.69, 9.17) is 5.73 Å². The van der Waals surface area contributed by atoms with Gasteiger partial charge in [0.15, 0.2) is 22.9 Å². The van der Waals surface area contributed by atoms with E-state index in [-0.39, 0.29) is 35.3 Å². The fourth-order valence-corrected chi connectivity index (χ4v) is 6.60. The monoisotopic (exact) mass is 565 g/mol. The van der Waals surface area contributed by atoms with Gasteiger partial charge in [-0.2, -0.15) is 0 Å². The van der Waals surface area contributed by atoms with Crippen LogP contribution in [0.3, 0.4) is 0 Å². The molecule has 3 aliphatic rings. The highest BCUT2D eigenvalue weighted by atomic mass is 16.3. The number of amides is 1. The Bertz CT molecular complexity index is 1610. The number of hydrogen-bond donors (Lipinski definition) is 7. The highest BCUT2D eigenvalue weighted by molar-refractivity contribution is 6.24. The molecule has 41 heavy (non-hydrogen) atoms. The van der Waals surface area contributed by atoms with Gasteiger partial charge in [-0.05, 0) is 62.2 Å². The Morgan fingerprint density at radius 2 is 1.66 bits per heavy atom. The van der Waals surface area contributed by atoms with Crippen LogP contribution in [0.5, 0.6) is 17.2 Å². The topological polar surface area (TPSA) is 205 Å². The zero-order chi connectivity index (χ0) is 30.3. The second kappa shape index (κ2) is 9.25. The number of rotatable bonds is 4. The molecule has 0 radical (unpaired) electrons. The number of carbonyl (C=O) groups excluding carboxylic acids is 3. The van der Waals surface area contributed by atoms with Crippen LogP contribution in [0.2, 0.25) is 0 Å².